The summed E-state index contributed by atoms with van der Waals surface area (Å²) >= 11 is 17.3. The Kier molecular flexibility index (Phi) is 10.9. The van der Waals surface area contributed by atoms with Gasteiger partial charge in [0.15, 0.2) is 0 Å². The van der Waals surface area contributed by atoms with E-state index in [1.54, 1.807) is 18.2 Å². The van der Waals surface area contributed by atoms with Crippen molar-refractivity contribution in [3.05, 3.63) is 68.2 Å². The Morgan fingerprint density at radius 3 is 2.31 bits per heavy atom. The van der Waals surface area contributed by atoms with Crippen molar-refractivity contribution in [1.29, 1.82) is 5.26 Å². The van der Waals surface area contributed by atoms with Crippen LogP contribution in [0.5, 0.6) is 0 Å². The predicted molar refractivity (Wildman–Crippen MR) is 134 cm³/mol. The fourth-order valence-corrected chi connectivity index (χ4v) is 4.11. The van der Waals surface area contributed by atoms with Crippen molar-refractivity contribution >= 4 is 40.7 Å². The quantitative estimate of drug-likeness (QED) is 0.439. The lowest BCUT2D eigenvalue weighted by Crippen LogP contribution is -2.28. The van der Waals surface area contributed by atoms with Crippen LogP contribution in [0.2, 0.25) is 15.1 Å². The summed E-state index contributed by atoms with van der Waals surface area (Å²) in [4.78, 5) is 13.6. The summed E-state index contributed by atoms with van der Waals surface area (Å²) < 4.78 is 0. The van der Waals surface area contributed by atoms with Crippen LogP contribution in [0.3, 0.4) is 0 Å². The van der Waals surface area contributed by atoms with Gasteiger partial charge in [0.1, 0.15) is 6.07 Å². The van der Waals surface area contributed by atoms with Crippen LogP contribution in [0.1, 0.15) is 56.2 Å². The maximum Gasteiger partial charge on any atom is 0.222 e. The normalized spacial score (nSPS) is 16.9. The molecule has 1 aliphatic carbocycles. The Morgan fingerprint density at radius 1 is 1.09 bits per heavy atom. The van der Waals surface area contributed by atoms with Gasteiger partial charge in [-0.2, -0.15) is 5.26 Å². The van der Waals surface area contributed by atoms with E-state index in [1.807, 2.05) is 36.1 Å². The third-order valence-electron chi connectivity index (χ3n) is 5.57. The maximum atomic E-state index is 11.6. The molecular formula is C26H31Cl3N2O. The third-order valence-corrected chi connectivity index (χ3v) is 6.49. The number of amides is 1. The Hall–Kier alpha value is -1.73. The van der Waals surface area contributed by atoms with Gasteiger partial charge in [0.25, 0.3) is 0 Å². The molecule has 32 heavy (non-hydrogen) atoms. The van der Waals surface area contributed by atoms with Gasteiger partial charge >= 0.3 is 0 Å². The summed E-state index contributed by atoms with van der Waals surface area (Å²) in [5.74, 6) is 1.88. The smallest absolute Gasteiger partial charge is 0.222 e. The second kappa shape index (κ2) is 13.1. The largest absolute Gasteiger partial charge is 0.342 e. The topological polar surface area (TPSA) is 44.1 Å². The van der Waals surface area contributed by atoms with Crippen LogP contribution in [0.15, 0.2) is 36.4 Å². The van der Waals surface area contributed by atoms with E-state index < -0.39 is 0 Å². The summed E-state index contributed by atoms with van der Waals surface area (Å²) in [5.41, 5.74) is 2.71. The molecule has 2 aromatic rings. The van der Waals surface area contributed by atoms with Gasteiger partial charge in [-0.15, -0.1) is 0 Å². The molecule has 172 valence electrons. The first-order chi connectivity index (χ1) is 15.2. The molecule has 0 N–H and O–H groups in total. The van der Waals surface area contributed by atoms with Crippen LogP contribution in [0, 0.1) is 30.1 Å². The first-order valence-electron chi connectivity index (χ1n) is 11.1. The van der Waals surface area contributed by atoms with Crippen LogP contribution in [0.4, 0.5) is 0 Å². The lowest BCUT2D eigenvalue weighted by molar-refractivity contribution is -0.130. The zero-order valence-corrected chi connectivity index (χ0v) is 21.3. The number of nitriles is 1. The molecule has 2 aromatic carbocycles. The molecule has 4 rings (SSSR count). The molecule has 2 aliphatic rings. The average molecular weight is 494 g/mol. The fourth-order valence-electron chi connectivity index (χ4n) is 3.38. The number of nitrogens with zero attached hydrogens (tertiary/aromatic N) is 2. The number of hydrogen-bond acceptors (Lipinski definition) is 2. The van der Waals surface area contributed by atoms with Crippen molar-refractivity contribution in [1.82, 2.24) is 4.90 Å². The van der Waals surface area contributed by atoms with Gasteiger partial charge in [0.05, 0.1) is 10.6 Å². The number of carbonyl (C=O) groups is 1. The Balaban J connectivity index is 0.000000171. The van der Waals surface area contributed by atoms with Crippen LogP contribution >= 0.6 is 34.8 Å². The Morgan fingerprint density at radius 2 is 1.81 bits per heavy atom. The highest BCUT2D eigenvalue weighted by Gasteiger charge is 2.29. The highest BCUT2D eigenvalue weighted by Crippen LogP contribution is 2.33. The Bertz CT molecular complexity index is 942. The molecule has 1 saturated heterocycles. The van der Waals surface area contributed by atoms with E-state index >= 15 is 0 Å². The van der Waals surface area contributed by atoms with Gasteiger partial charge in [-0.25, -0.2) is 0 Å². The highest BCUT2D eigenvalue weighted by atomic mass is 35.5. The molecule has 0 spiro atoms. The Labute approximate surface area is 207 Å². The minimum absolute atomic E-state index is 0.404. The van der Waals surface area contributed by atoms with Crippen molar-refractivity contribution in [3.63, 3.8) is 0 Å². The monoisotopic (exact) mass is 492 g/mol. The fraction of sp³-hybridized carbons (Fsp3) is 0.462. The SMILES string of the molecule is CC1CCN(C(=O)CC2CC2)C1.CCc1cc(Cl)ccc1Cl.Cc1ccc(C#N)c(Cl)c1. The molecular weight excluding hydrogens is 463 g/mol. The van der Waals surface area contributed by atoms with Crippen molar-refractivity contribution in [2.75, 3.05) is 13.1 Å². The summed E-state index contributed by atoms with van der Waals surface area (Å²) in [7, 11) is 0. The number of aryl methyl sites for hydroxylation is 2. The lowest BCUT2D eigenvalue weighted by Gasteiger charge is -2.15. The minimum atomic E-state index is 0.404. The van der Waals surface area contributed by atoms with Gasteiger partial charge in [-0.05, 0) is 85.9 Å². The van der Waals surface area contributed by atoms with Crippen molar-refractivity contribution in [2.24, 2.45) is 11.8 Å². The number of rotatable bonds is 3. The molecule has 6 heteroatoms. The standard InChI is InChI=1S/C10H17NO.C8H8Cl2.C8H6ClN/c1-8-4-5-11(7-8)10(12)6-9-2-3-9;1-2-6-5-7(9)3-4-8(6)10;1-6-2-3-7(5-10)8(9)4-6/h8-9H,2-7H2,1H3;3-5H,2H2,1H3;2-4H,1H3. The summed E-state index contributed by atoms with van der Waals surface area (Å²) in [6, 6.07) is 12.9. The minimum Gasteiger partial charge on any atom is -0.342 e. The van der Waals surface area contributed by atoms with Gasteiger partial charge < -0.3 is 4.90 Å². The second-order valence-electron chi connectivity index (χ2n) is 8.57. The molecule has 1 amide bonds. The van der Waals surface area contributed by atoms with Crippen LogP contribution in [-0.4, -0.2) is 23.9 Å². The summed E-state index contributed by atoms with van der Waals surface area (Å²) in [6.07, 6.45) is 5.53. The first-order valence-corrected chi connectivity index (χ1v) is 12.2. The number of carbonyl (C=O) groups excluding carboxylic acids is 1. The number of halogens is 3. The van der Waals surface area contributed by atoms with Crippen LogP contribution in [-0.2, 0) is 11.2 Å². The molecule has 1 heterocycles. The van der Waals surface area contributed by atoms with Gasteiger partial charge in [-0.1, -0.05) is 54.7 Å². The lowest BCUT2D eigenvalue weighted by atomic mass is 10.2. The molecule has 3 nitrogen and oxygen atoms in total. The number of benzene rings is 2. The number of likely N-dealkylation sites (tertiary alicyclic amines) is 1. The molecule has 1 aliphatic heterocycles. The average Bonchev–Trinajstić information content (AvgIpc) is 3.47. The molecule has 1 atom stereocenters. The van der Waals surface area contributed by atoms with Gasteiger partial charge in [0.2, 0.25) is 5.91 Å². The van der Waals surface area contributed by atoms with Crippen LogP contribution < -0.4 is 0 Å². The van der Waals surface area contributed by atoms with E-state index in [2.05, 4.69) is 13.8 Å². The molecule has 0 aromatic heterocycles. The van der Waals surface area contributed by atoms with E-state index in [0.29, 0.717) is 16.5 Å². The first kappa shape index (κ1) is 26.5. The summed E-state index contributed by atoms with van der Waals surface area (Å²) in [5, 5.41) is 10.6. The van der Waals surface area contributed by atoms with Gasteiger partial charge in [0, 0.05) is 29.6 Å². The van der Waals surface area contributed by atoms with E-state index in [9.17, 15) is 4.79 Å². The predicted octanol–water partition coefficient (Wildman–Crippen LogP) is 7.73. The highest BCUT2D eigenvalue weighted by molar-refractivity contribution is 6.33. The zero-order valence-electron chi connectivity index (χ0n) is 19.0. The zero-order chi connectivity index (χ0) is 23.7. The molecule has 1 unspecified atom stereocenters. The number of hydrogen-bond donors (Lipinski definition) is 0. The van der Waals surface area contributed by atoms with E-state index in [0.717, 1.165) is 58.9 Å². The molecule has 0 bridgehead atoms. The van der Waals surface area contributed by atoms with E-state index in [1.165, 1.54) is 19.3 Å². The molecule has 0 radical (unpaired) electrons. The summed E-state index contributed by atoms with van der Waals surface area (Å²) in [6.45, 7) is 8.23. The third kappa shape index (κ3) is 9.02. The second-order valence-corrected chi connectivity index (χ2v) is 9.82. The van der Waals surface area contributed by atoms with E-state index in [-0.39, 0.29) is 0 Å². The van der Waals surface area contributed by atoms with Gasteiger partial charge in [-0.3, -0.25) is 4.79 Å². The van der Waals surface area contributed by atoms with Crippen molar-refractivity contribution < 1.29 is 4.79 Å². The van der Waals surface area contributed by atoms with Crippen molar-refractivity contribution in [3.8, 4) is 6.07 Å². The molecule has 1 saturated carbocycles. The van der Waals surface area contributed by atoms with Crippen molar-refractivity contribution in [2.45, 2.75) is 52.9 Å². The maximum absolute atomic E-state index is 11.6. The molecule has 2 fully saturated rings. The van der Waals surface area contributed by atoms with E-state index in [4.69, 9.17) is 40.1 Å². The van der Waals surface area contributed by atoms with Crippen LogP contribution in [0.25, 0.3) is 0 Å².